The van der Waals surface area contributed by atoms with Crippen molar-refractivity contribution in [2.75, 3.05) is 33.0 Å². The van der Waals surface area contributed by atoms with Gasteiger partial charge in [-0.25, -0.2) is 0 Å². The molecule has 178 valence electrons. The van der Waals surface area contributed by atoms with E-state index in [1.165, 1.54) is 0 Å². The molecule has 2 aliphatic heterocycles. The van der Waals surface area contributed by atoms with Crippen LogP contribution < -0.4 is 9.47 Å². The molecule has 35 heavy (non-hydrogen) atoms. The maximum atomic E-state index is 14.0. The summed E-state index contributed by atoms with van der Waals surface area (Å²) in [6, 6.07) is 18.9. The Bertz CT molecular complexity index is 1280. The highest BCUT2D eigenvalue weighted by atomic mass is 16.7. The van der Waals surface area contributed by atoms with Crippen molar-refractivity contribution in [3.05, 3.63) is 88.7 Å². The number of benzene rings is 2. The monoisotopic (exact) mass is 469 g/mol. The number of ether oxygens (including phenoxy) is 2. The molecule has 3 aliphatic rings. The fraction of sp³-hybridized carbons (Fsp3) is 0.321. The van der Waals surface area contributed by atoms with Crippen molar-refractivity contribution in [2.45, 2.75) is 25.4 Å². The van der Waals surface area contributed by atoms with E-state index in [4.69, 9.17) is 14.5 Å². The molecule has 0 N–H and O–H groups in total. The number of piperazine rings is 1. The van der Waals surface area contributed by atoms with E-state index in [9.17, 15) is 9.59 Å². The van der Waals surface area contributed by atoms with Gasteiger partial charge in [0.15, 0.2) is 28.6 Å². The standard InChI is InChI=1S/C28H27N3O4/c1-2-20-6-5-9-25(29-20)28(26(32)21-7-3-4-8-22(21)27(28)33)31-14-12-30(13-15-31)17-19-10-11-23-24(16-19)35-18-34-23/h3-11,16H,2,12-15,17-18H2,1H3. The molecule has 0 radical (unpaired) electrons. The minimum absolute atomic E-state index is 0.164. The summed E-state index contributed by atoms with van der Waals surface area (Å²) in [4.78, 5) is 37.1. The smallest absolute Gasteiger partial charge is 0.231 e. The van der Waals surface area contributed by atoms with Gasteiger partial charge in [-0.2, -0.15) is 0 Å². The van der Waals surface area contributed by atoms with Crippen LogP contribution in [0.2, 0.25) is 0 Å². The average Bonchev–Trinajstić information content (AvgIpc) is 3.46. The van der Waals surface area contributed by atoms with E-state index in [2.05, 4.69) is 15.9 Å². The number of hydrogen-bond donors (Lipinski definition) is 0. The highest BCUT2D eigenvalue weighted by Crippen LogP contribution is 2.42. The molecule has 0 spiro atoms. The van der Waals surface area contributed by atoms with E-state index >= 15 is 0 Å². The lowest BCUT2D eigenvalue weighted by molar-refractivity contribution is 0.0266. The Morgan fingerprint density at radius 3 is 2.29 bits per heavy atom. The summed E-state index contributed by atoms with van der Waals surface area (Å²) in [5.74, 6) is 1.23. The molecular formula is C28H27N3O4. The van der Waals surface area contributed by atoms with Gasteiger partial charge in [-0.3, -0.25) is 24.4 Å². The highest BCUT2D eigenvalue weighted by molar-refractivity contribution is 6.32. The van der Waals surface area contributed by atoms with E-state index in [0.717, 1.165) is 48.8 Å². The SMILES string of the molecule is CCc1cccc(C2(N3CCN(Cc4ccc5c(c4)OCO5)CC3)C(=O)c3ccccc3C2=O)n1. The van der Waals surface area contributed by atoms with Crippen molar-refractivity contribution in [3.63, 3.8) is 0 Å². The number of pyridine rings is 1. The van der Waals surface area contributed by atoms with Crippen LogP contribution in [-0.4, -0.2) is 59.3 Å². The minimum Gasteiger partial charge on any atom is -0.454 e. The van der Waals surface area contributed by atoms with Crippen LogP contribution in [0, 0.1) is 0 Å². The fourth-order valence-corrected chi connectivity index (χ4v) is 5.47. The zero-order valence-electron chi connectivity index (χ0n) is 19.7. The first-order valence-corrected chi connectivity index (χ1v) is 12.1. The van der Waals surface area contributed by atoms with Gasteiger partial charge < -0.3 is 9.47 Å². The summed E-state index contributed by atoms with van der Waals surface area (Å²) in [6.07, 6.45) is 0.739. The van der Waals surface area contributed by atoms with Gasteiger partial charge in [-0.1, -0.05) is 43.3 Å². The zero-order chi connectivity index (χ0) is 24.0. The molecule has 0 unspecified atom stereocenters. The Hall–Kier alpha value is -3.55. The molecule has 1 aliphatic carbocycles. The van der Waals surface area contributed by atoms with Crippen molar-refractivity contribution in [3.8, 4) is 11.5 Å². The molecular weight excluding hydrogens is 442 g/mol. The van der Waals surface area contributed by atoms with Gasteiger partial charge in [-0.05, 0) is 36.2 Å². The maximum absolute atomic E-state index is 14.0. The molecule has 0 bridgehead atoms. The van der Waals surface area contributed by atoms with Gasteiger partial charge >= 0.3 is 0 Å². The van der Waals surface area contributed by atoms with Crippen LogP contribution in [-0.2, 0) is 18.5 Å². The summed E-state index contributed by atoms with van der Waals surface area (Å²) in [5.41, 5.74) is 2.13. The number of carbonyl (C=O) groups is 2. The number of carbonyl (C=O) groups excluding carboxylic acids is 2. The molecule has 1 aromatic heterocycles. The van der Waals surface area contributed by atoms with E-state index in [-0.39, 0.29) is 18.4 Å². The third-order valence-corrected chi connectivity index (χ3v) is 7.30. The molecule has 6 rings (SSSR count). The number of Topliss-reactive ketones (excluding diaryl/α,β-unsaturated/α-hetero) is 2. The Labute approximate surface area is 204 Å². The van der Waals surface area contributed by atoms with Gasteiger partial charge in [0.05, 0.1) is 5.69 Å². The molecule has 3 heterocycles. The molecule has 0 saturated carbocycles. The molecule has 7 heteroatoms. The lowest BCUT2D eigenvalue weighted by Crippen LogP contribution is -2.60. The van der Waals surface area contributed by atoms with Crippen molar-refractivity contribution in [1.82, 2.24) is 14.8 Å². The molecule has 0 atom stereocenters. The van der Waals surface area contributed by atoms with E-state index < -0.39 is 5.54 Å². The van der Waals surface area contributed by atoms with Crippen LogP contribution in [0.4, 0.5) is 0 Å². The van der Waals surface area contributed by atoms with E-state index in [1.54, 1.807) is 12.1 Å². The maximum Gasteiger partial charge on any atom is 0.231 e. The van der Waals surface area contributed by atoms with Crippen LogP contribution in [0.25, 0.3) is 0 Å². The first-order valence-electron chi connectivity index (χ1n) is 12.1. The predicted molar refractivity (Wildman–Crippen MR) is 130 cm³/mol. The molecule has 1 saturated heterocycles. The highest BCUT2D eigenvalue weighted by Gasteiger charge is 2.59. The minimum atomic E-state index is -1.40. The van der Waals surface area contributed by atoms with E-state index in [0.29, 0.717) is 29.9 Å². The lowest BCUT2D eigenvalue weighted by Gasteiger charge is -2.43. The topological polar surface area (TPSA) is 72.0 Å². The van der Waals surface area contributed by atoms with Crippen LogP contribution in [0.1, 0.15) is 44.6 Å². The number of nitrogens with zero attached hydrogens (tertiary/aromatic N) is 3. The Kier molecular flexibility index (Phi) is 5.39. The van der Waals surface area contributed by atoms with Crippen LogP contribution in [0.15, 0.2) is 60.7 Å². The first-order chi connectivity index (χ1) is 17.1. The number of aromatic nitrogens is 1. The number of rotatable bonds is 5. The lowest BCUT2D eigenvalue weighted by atomic mass is 9.85. The van der Waals surface area contributed by atoms with E-state index in [1.807, 2.05) is 49.4 Å². The molecule has 0 amide bonds. The normalized spacial score (nSPS) is 19.2. The summed E-state index contributed by atoms with van der Waals surface area (Å²) in [6.45, 7) is 5.71. The van der Waals surface area contributed by atoms with Crippen LogP contribution >= 0.6 is 0 Å². The summed E-state index contributed by atoms with van der Waals surface area (Å²) in [7, 11) is 0. The third kappa shape index (κ3) is 3.46. The van der Waals surface area contributed by atoms with Gasteiger partial charge in [0.1, 0.15) is 0 Å². The number of ketones is 2. The second-order valence-corrected chi connectivity index (χ2v) is 9.23. The Morgan fingerprint density at radius 2 is 1.57 bits per heavy atom. The largest absolute Gasteiger partial charge is 0.454 e. The van der Waals surface area contributed by atoms with Gasteiger partial charge in [-0.15, -0.1) is 0 Å². The Balaban J connectivity index is 1.29. The predicted octanol–water partition coefficient (Wildman–Crippen LogP) is 3.47. The summed E-state index contributed by atoms with van der Waals surface area (Å²) < 4.78 is 10.9. The van der Waals surface area contributed by atoms with Crippen molar-refractivity contribution in [2.24, 2.45) is 0 Å². The van der Waals surface area contributed by atoms with Crippen molar-refractivity contribution >= 4 is 11.6 Å². The van der Waals surface area contributed by atoms with Gasteiger partial charge in [0, 0.05) is 49.5 Å². The van der Waals surface area contributed by atoms with Gasteiger partial charge in [0.25, 0.3) is 0 Å². The second kappa shape index (κ2) is 8.59. The zero-order valence-corrected chi connectivity index (χ0v) is 19.7. The molecule has 1 fully saturated rings. The fourth-order valence-electron chi connectivity index (χ4n) is 5.47. The van der Waals surface area contributed by atoms with Crippen LogP contribution in [0.5, 0.6) is 11.5 Å². The second-order valence-electron chi connectivity index (χ2n) is 9.23. The quantitative estimate of drug-likeness (QED) is 0.530. The van der Waals surface area contributed by atoms with Crippen molar-refractivity contribution < 1.29 is 19.1 Å². The van der Waals surface area contributed by atoms with Crippen LogP contribution in [0.3, 0.4) is 0 Å². The summed E-state index contributed by atoms with van der Waals surface area (Å²) >= 11 is 0. The average molecular weight is 470 g/mol. The Morgan fingerprint density at radius 1 is 0.857 bits per heavy atom. The summed E-state index contributed by atoms with van der Waals surface area (Å²) in [5, 5.41) is 0. The molecule has 3 aromatic rings. The molecule has 2 aromatic carbocycles. The third-order valence-electron chi connectivity index (χ3n) is 7.30. The number of hydrogen-bond acceptors (Lipinski definition) is 7. The van der Waals surface area contributed by atoms with Crippen molar-refractivity contribution in [1.29, 1.82) is 0 Å². The number of aryl methyl sites for hydroxylation is 1. The first kappa shape index (κ1) is 21.9. The number of fused-ring (bicyclic) bond motifs is 2. The van der Waals surface area contributed by atoms with Gasteiger partial charge in [0.2, 0.25) is 6.79 Å². The molecule has 7 nitrogen and oxygen atoms in total.